The molecule has 3 rings (SSSR count). The van der Waals surface area contributed by atoms with E-state index in [1.165, 1.54) is 22.3 Å². The lowest BCUT2D eigenvalue weighted by Crippen LogP contribution is -2.05. The maximum absolute atomic E-state index is 6.14. The van der Waals surface area contributed by atoms with E-state index in [9.17, 15) is 0 Å². The zero-order valence-corrected chi connectivity index (χ0v) is 19.7. The van der Waals surface area contributed by atoms with Crippen molar-refractivity contribution in [2.24, 2.45) is 0 Å². The first-order valence-corrected chi connectivity index (χ1v) is 11.0. The van der Waals surface area contributed by atoms with Crippen LogP contribution in [-0.4, -0.2) is 6.61 Å². The summed E-state index contributed by atoms with van der Waals surface area (Å²) in [7, 11) is 0. The van der Waals surface area contributed by atoms with Crippen LogP contribution in [0.4, 0.5) is 5.69 Å². The maximum atomic E-state index is 6.14. The van der Waals surface area contributed by atoms with Gasteiger partial charge in [0.05, 0.1) is 10.2 Å². The van der Waals surface area contributed by atoms with E-state index in [2.05, 4.69) is 103 Å². The highest BCUT2D eigenvalue weighted by Gasteiger charge is 2.13. The van der Waals surface area contributed by atoms with Gasteiger partial charge in [0.2, 0.25) is 0 Å². The van der Waals surface area contributed by atoms with Crippen LogP contribution in [0.2, 0.25) is 0 Å². The van der Waals surface area contributed by atoms with E-state index in [1.54, 1.807) is 0 Å². The molecule has 0 radical (unpaired) electrons. The largest absolute Gasteiger partial charge is 0.490 e. The van der Waals surface area contributed by atoms with Crippen molar-refractivity contribution >= 4 is 28.3 Å². The molecule has 0 saturated carbocycles. The van der Waals surface area contributed by atoms with Gasteiger partial charge in [-0.25, -0.2) is 0 Å². The van der Waals surface area contributed by atoms with Gasteiger partial charge in [-0.05, 0) is 85.2 Å². The van der Waals surface area contributed by atoms with Crippen LogP contribution in [0.5, 0.6) is 11.5 Å². The Bertz CT molecular complexity index is 967. The van der Waals surface area contributed by atoms with Gasteiger partial charge in [-0.15, -0.1) is 0 Å². The minimum atomic E-state index is 0.524. The number of hydrogen-bond donors (Lipinski definition) is 1. The van der Waals surface area contributed by atoms with Crippen molar-refractivity contribution in [3.63, 3.8) is 0 Å². The second kappa shape index (κ2) is 10.0. The van der Waals surface area contributed by atoms with Gasteiger partial charge >= 0.3 is 0 Å². The van der Waals surface area contributed by atoms with Crippen LogP contribution < -0.4 is 14.8 Å². The molecule has 3 aromatic rings. The number of rotatable bonds is 8. The molecule has 0 atom stereocenters. The Balaban J connectivity index is 1.75. The number of anilines is 1. The minimum absolute atomic E-state index is 0.524. The number of aryl methyl sites for hydroxylation is 3. The molecule has 0 heterocycles. The zero-order chi connectivity index (χ0) is 20.8. The molecule has 0 aliphatic rings. The predicted molar refractivity (Wildman–Crippen MR) is 129 cm³/mol. The van der Waals surface area contributed by atoms with Crippen LogP contribution >= 0.6 is 22.6 Å². The Morgan fingerprint density at radius 3 is 2.24 bits per heavy atom. The van der Waals surface area contributed by atoms with E-state index >= 15 is 0 Å². The standard InChI is InChI=1S/C25H28INO2/c1-5-28-24-14-21(15-27-23-11-8-18(3)12-19(23)4)13-22(26)25(24)29-16-20-9-6-17(2)7-10-20/h6-14,27H,5,15-16H2,1-4H3. The summed E-state index contributed by atoms with van der Waals surface area (Å²) in [6, 6.07) is 19.1. The van der Waals surface area contributed by atoms with Crippen LogP contribution in [-0.2, 0) is 13.2 Å². The number of benzene rings is 3. The number of hydrogen-bond acceptors (Lipinski definition) is 3. The molecule has 152 valence electrons. The number of nitrogens with one attached hydrogen (secondary N) is 1. The molecule has 0 fully saturated rings. The smallest absolute Gasteiger partial charge is 0.174 e. The van der Waals surface area contributed by atoms with Gasteiger partial charge in [0.15, 0.2) is 11.5 Å². The normalized spacial score (nSPS) is 10.7. The van der Waals surface area contributed by atoms with Crippen LogP contribution in [0.25, 0.3) is 0 Å². The molecule has 3 aromatic carbocycles. The first-order valence-electron chi connectivity index (χ1n) is 9.91. The Labute approximate surface area is 187 Å². The Hall–Kier alpha value is -2.21. The summed E-state index contributed by atoms with van der Waals surface area (Å²) in [4.78, 5) is 0. The molecule has 0 saturated heterocycles. The zero-order valence-electron chi connectivity index (χ0n) is 17.5. The molecular formula is C25H28INO2. The second-order valence-electron chi connectivity index (χ2n) is 7.28. The highest BCUT2D eigenvalue weighted by molar-refractivity contribution is 14.1. The summed E-state index contributed by atoms with van der Waals surface area (Å²) in [5.41, 5.74) is 7.25. The van der Waals surface area contributed by atoms with Gasteiger partial charge in [0.25, 0.3) is 0 Å². The molecular weight excluding hydrogens is 473 g/mol. The molecule has 0 bridgehead atoms. The minimum Gasteiger partial charge on any atom is -0.490 e. The predicted octanol–water partition coefficient (Wildman–Crippen LogP) is 6.81. The summed E-state index contributed by atoms with van der Waals surface area (Å²) in [6.07, 6.45) is 0. The summed E-state index contributed by atoms with van der Waals surface area (Å²) in [6.45, 7) is 10.2. The third-order valence-electron chi connectivity index (χ3n) is 4.74. The quantitative estimate of drug-likeness (QED) is 0.344. The molecule has 0 spiro atoms. The molecule has 3 nitrogen and oxygen atoms in total. The molecule has 0 unspecified atom stereocenters. The first-order chi connectivity index (χ1) is 14.0. The molecule has 0 aromatic heterocycles. The van der Waals surface area contributed by atoms with Crippen molar-refractivity contribution in [2.45, 2.75) is 40.8 Å². The van der Waals surface area contributed by atoms with E-state index in [0.29, 0.717) is 13.2 Å². The van der Waals surface area contributed by atoms with Gasteiger partial charge in [0.1, 0.15) is 6.61 Å². The number of ether oxygens (including phenoxy) is 2. The van der Waals surface area contributed by atoms with Crippen molar-refractivity contribution in [1.29, 1.82) is 0 Å². The van der Waals surface area contributed by atoms with E-state index in [-0.39, 0.29) is 0 Å². The summed E-state index contributed by atoms with van der Waals surface area (Å²) in [5.74, 6) is 1.60. The van der Waals surface area contributed by atoms with Crippen LogP contribution in [0.3, 0.4) is 0 Å². The summed E-state index contributed by atoms with van der Waals surface area (Å²) < 4.78 is 13.1. The van der Waals surface area contributed by atoms with E-state index in [0.717, 1.165) is 32.9 Å². The fourth-order valence-corrected chi connectivity index (χ4v) is 4.00. The monoisotopic (exact) mass is 501 g/mol. The van der Waals surface area contributed by atoms with E-state index in [1.807, 2.05) is 6.92 Å². The average Bonchev–Trinajstić information content (AvgIpc) is 2.68. The van der Waals surface area contributed by atoms with Gasteiger partial charge in [-0.2, -0.15) is 0 Å². The maximum Gasteiger partial charge on any atom is 0.174 e. The van der Waals surface area contributed by atoms with Crippen molar-refractivity contribution < 1.29 is 9.47 Å². The highest BCUT2D eigenvalue weighted by atomic mass is 127. The molecule has 0 aliphatic carbocycles. The molecule has 0 aliphatic heterocycles. The van der Waals surface area contributed by atoms with Crippen molar-refractivity contribution in [3.8, 4) is 11.5 Å². The van der Waals surface area contributed by atoms with Gasteiger partial charge in [0, 0.05) is 12.2 Å². The Kier molecular flexibility index (Phi) is 7.42. The van der Waals surface area contributed by atoms with Crippen molar-refractivity contribution in [3.05, 3.63) is 86.0 Å². The van der Waals surface area contributed by atoms with Crippen molar-refractivity contribution in [2.75, 3.05) is 11.9 Å². The van der Waals surface area contributed by atoms with Crippen molar-refractivity contribution in [1.82, 2.24) is 0 Å². The SMILES string of the molecule is CCOc1cc(CNc2ccc(C)cc2C)cc(I)c1OCc1ccc(C)cc1. The lowest BCUT2D eigenvalue weighted by molar-refractivity contribution is 0.267. The third kappa shape index (κ3) is 5.89. The third-order valence-corrected chi connectivity index (χ3v) is 5.54. The summed E-state index contributed by atoms with van der Waals surface area (Å²) in [5, 5.41) is 3.54. The summed E-state index contributed by atoms with van der Waals surface area (Å²) >= 11 is 2.33. The molecule has 29 heavy (non-hydrogen) atoms. The fraction of sp³-hybridized carbons (Fsp3) is 0.280. The molecule has 1 N–H and O–H groups in total. The highest BCUT2D eigenvalue weighted by Crippen LogP contribution is 2.35. The van der Waals surface area contributed by atoms with E-state index < -0.39 is 0 Å². The van der Waals surface area contributed by atoms with Gasteiger partial charge in [-0.1, -0.05) is 47.5 Å². The average molecular weight is 501 g/mol. The first kappa shape index (κ1) is 21.5. The molecule has 4 heteroatoms. The second-order valence-corrected chi connectivity index (χ2v) is 8.45. The topological polar surface area (TPSA) is 30.5 Å². The fourth-order valence-electron chi connectivity index (χ4n) is 3.18. The van der Waals surface area contributed by atoms with Crippen LogP contribution in [0, 0.1) is 24.3 Å². The van der Waals surface area contributed by atoms with Gasteiger partial charge in [-0.3, -0.25) is 0 Å². The van der Waals surface area contributed by atoms with E-state index in [4.69, 9.17) is 9.47 Å². The Morgan fingerprint density at radius 1 is 0.828 bits per heavy atom. The lowest BCUT2D eigenvalue weighted by atomic mass is 10.1. The van der Waals surface area contributed by atoms with Crippen LogP contribution in [0.15, 0.2) is 54.6 Å². The molecule has 0 amide bonds. The Morgan fingerprint density at radius 2 is 1.55 bits per heavy atom. The number of halogens is 1. The van der Waals surface area contributed by atoms with Gasteiger partial charge < -0.3 is 14.8 Å². The lowest BCUT2D eigenvalue weighted by Gasteiger charge is -2.17. The van der Waals surface area contributed by atoms with Crippen LogP contribution in [0.1, 0.15) is 34.7 Å².